The van der Waals surface area contributed by atoms with E-state index in [1.54, 1.807) is 36.0 Å². The molecule has 2 amide bonds. The summed E-state index contributed by atoms with van der Waals surface area (Å²) in [7, 11) is 0. The lowest BCUT2D eigenvalue weighted by Gasteiger charge is -2.13. The first kappa shape index (κ1) is 15.1. The van der Waals surface area contributed by atoms with Crippen LogP contribution in [-0.4, -0.2) is 27.9 Å². The van der Waals surface area contributed by atoms with E-state index in [0.29, 0.717) is 10.8 Å². The molecule has 8 heteroatoms. The number of nitrogens with zero attached hydrogens (tertiary/aromatic N) is 2. The number of aromatic nitrogens is 2. The van der Waals surface area contributed by atoms with Crippen LogP contribution in [0.2, 0.25) is 0 Å². The maximum Gasteiger partial charge on any atom is 0.247 e. The van der Waals surface area contributed by atoms with Gasteiger partial charge in [0.1, 0.15) is 6.10 Å². The fourth-order valence-electron chi connectivity index (χ4n) is 1.53. The van der Waals surface area contributed by atoms with Gasteiger partial charge in [-0.25, -0.2) is 4.98 Å². The molecule has 0 spiro atoms. The summed E-state index contributed by atoms with van der Waals surface area (Å²) in [5.41, 5.74) is 5.90. The minimum Gasteiger partial charge on any atom is -0.367 e. The maximum absolute atomic E-state index is 11.8. The molecule has 2 aromatic rings. The number of hydrogen-bond donors (Lipinski definition) is 2. The van der Waals surface area contributed by atoms with Crippen LogP contribution in [0.4, 0.5) is 5.13 Å². The van der Waals surface area contributed by atoms with Crippen molar-refractivity contribution in [2.45, 2.75) is 19.1 Å². The Morgan fingerprint density at radius 1 is 1.33 bits per heavy atom. The second-order valence-electron chi connectivity index (χ2n) is 4.11. The first-order valence-electron chi connectivity index (χ1n) is 6.15. The molecule has 0 unspecified atom stereocenters. The largest absolute Gasteiger partial charge is 0.367 e. The van der Waals surface area contributed by atoms with Gasteiger partial charge in [0, 0.05) is 17.8 Å². The number of primary amides is 1. The van der Waals surface area contributed by atoms with Crippen molar-refractivity contribution in [1.82, 2.24) is 9.97 Å². The van der Waals surface area contributed by atoms with Crippen LogP contribution in [0.1, 0.15) is 12.1 Å². The Morgan fingerprint density at radius 2 is 2.19 bits per heavy atom. The summed E-state index contributed by atoms with van der Waals surface area (Å²) in [5, 5.41) is 4.77. The molecule has 110 valence electrons. The summed E-state index contributed by atoms with van der Waals surface area (Å²) < 4.78 is 5.36. The highest BCUT2D eigenvalue weighted by molar-refractivity contribution is 7.13. The minimum atomic E-state index is -1.01. The number of hydrogen-bond acceptors (Lipinski definition) is 6. The second kappa shape index (κ2) is 7.46. The lowest BCUT2D eigenvalue weighted by molar-refractivity contribution is -0.135. The van der Waals surface area contributed by atoms with E-state index in [4.69, 9.17) is 10.5 Å². The molecule has 7 nitrogen and oxygen atoms in total. The SMILES string of the molecule is NC(=O)[C@@H](CC(=O)Nc1nccs1)OCc1ccccn1. The van der Waals surface area contributed by atoms with Crippen LogP contribution in [0.5, 0.6) is 0 Å². The smallest absolute Gasteiger partial charge is 0.247 e. The molecule has 0 aliphatic carbocycles. The van der Waals surface area contributed by atoms with Crippen molar-refractivity contribution < 1.29 is 14.3 Å². The zero-order valence-corrected chi connectivity index (χ0v) is 11.9. The molecule has 0 aliphatic heterocycles. The molecule has 0 saturated carbocycles. The average Bonchev–Trinajstić information content (AvgIpc) is 2.97. The van der Waals surface area contributed by atoms with Gasteiger partial charge >= 0.3 is 0 Å². The minimum absolute atomic E-state index is 0.110. The molecule has 21 heavy (non-hydrogen) atoms. The summed E-state index contributed by atoms with van der Waals surface area (Å²) >= 11 is 1.29. The summed E-state index contributed by atoms with van der Waals surface area (Å²) in [4.78, 5) is 31.1. The Balaban J connectivity index is 1.87. The zero-order valence-electron chi connectivity index (χ0n) is 11.1. The summed E-state index contributed by atoms with van der Waals surface area (Å²) in [5.74, 6) is -1.07. The molecule has 0 fully saturated rings. The number of rotatable bonds is 7. The normalized spacial score (nSPS) is 11.8. The van der Waals surface area contributed by atoms with Crippen molar-refractivity contribution in [3.05, 3.63) is 41.7 Å². The molecular weight excluding hydrogens is 292 g/mol. The fourth-order valence-corrected chi connectivity index (χ4v) is 2.08. The van der Waals surface area contributed by atoms with Gasteiger partial charge in [-0.3, -0.25) is 14.6 Å². The van der Waals surface area contributed by atoms with Gasteiger partial charge in [-0.2, -0.15) is 0 Å². The molecule has 0 aliphatic rings. The molecule has 0 bridgehead atoms. The standard InChI is InChI=1S/C13H14N4O3S/c14-12(19)10(20-8-9-3-1-2-4-15-9)7-11(18)17-13-16-5-6-21-13/h1-6,10H,7-8H2,(H2,14,19)(H,16,17,18)/t10-/m1/s1. The Morgan fingerprint density at radius 3 is 2.81 bits per heavy atom. The third-order valence-corrected chi connectivity index (χ3v) is 3.21. The second-order valence-corrected chi connectivity index (χ2v) is 5.01. The molecule has 2 rings (SSSR count). The van der Waals surface area contributed by atoms with Gasteiger partial charge in [0.05, 0.1) is 18.7 Å². The van der Waals surface area contributed by atoms with Crippen molar-refractivity contribution in [2.24, 2.45) is 5.73 Å². The number of nitrogens with two attached hydrogens (primary N) is 1. The van der Waals surface area contributed by atoms with E-state index in [0.717, 1.165) is 0 Å². The van der Waals surface area contributed by atoms with Gasteiger partial charge in [-0.15, -0.1) is 11.3 Å². The third-order valence-electron chi connectivity index (χ3n) is 2.53. The van der Waals surface area contributed by atoms with Gasteiger partial charge in [0.15, 0.2) is 5.13 Å². The van der Waals surface area contributed by atoms with Gasteiger partial charge in [-0.05, 0) is 12.1 Å². The first-order valence-corrected chi connectivity index (χ1v) is 7.03. The molecule has 0 radical (unpaired) electrons. The number of carbonyl (C=O) groups excluding carboxylic acids is 2. The zero-order chi connectivity index (χ0) is 15.1. The van der Waals surface area contributed by atoms with E-state index in [9.17, 15) is 9.59 Å². The predicted octanol–water partition coefficient (Wildman–Crippen LogP) is 0.937. The topological polar surface area (TPSA) is 107 Å². The van der Waals surface area contributed by atoms with E-state index < -0.39 is 12.0 Å². The van der Waals surface area contributed by atoms with E-state index in [1.807, 2.05) is 0 Å². The lowest BCUT2D eigenvalue weighted by Crippen LogP contribution is -2.34. The number of ether oxygens (including phenoxy) is 1. The molecule has 0 saturated heterocycles. The molecule has 3 N–H and O–H groups in total. The average molecular weight is 306 g/mol. The first-order chi connectivity index (χ1) is 10.1. The molecular formula is C13H14N4O3S. The van der Waals surface area contributed by atoms with Crippen LogP contribution in [0.25, 0.3) is 0 Å². The van der Waals surface area contributed by atoms with Gasteiger partial charge in [0.2, 0.25) is 11.8 Å². The summed E-state index contributed by atoms with van der Waals surface area (Å²) in [6.07, 6.45) is 2.02. The third kappa shape index (κ3) is 4.93. The molecule has 2 aromatic heterocycles. The van der Waals surface area contributed by atoms with Crippen molar-refractivity contribution in [3.63, 3.8) is 0 Å². The van der Waals surface area contributed by atoms with E-state index in [2.05, 4.69) is 15.3 Å². The van der Waals surface area contributed by atoms with Gasteiger partial charge in [0.25, 0.3) is 0 Å². The lowest BCUT2D eigenvalue weighted by atomic mass is 10.2. The van der Waals surface area contributed by atoms with Crippen molar-refractivity contribution in [2.75, 3.05) is 5.32 Å². The van der Waals surface area contributed by atoms with Crippen molar-refractivity contribution in [3.8, 4) is 0 Å². The quantitative estimate of drug-likeness (QED) is 0.791. The number of nitrogens with one attached hydrogen (secondary N) is 1. The van der Waals surface area contributed by atoms with Crippen LogP contribution < -0.4 is 11.1 Å². The Labute approximate surface area is 125 Å². The Hall–Kier alpha value is -2.32. The molecule has 2 heterocycles. The Bertz CT molecular complexity index is 589. The highest BCUT2D eigenvalue weighted by Crippen LogP contribution is 2.12. The number of carbonyl (C=O) groups is 2. The molecule has 0 aromatic carbocycles. The van der Waals surface area contributed by atoms with Crippen LogP contribution >= 0.6 is 11.3 Å². The fraction of sp³-hybridized carbons (Fsp3) is 0.231. The molecule has 1 atom stereocenters. The number of pyridine rings is 1. The predicted molar refractivity (Wildman–Crippen MR) is 77.4 cm³/mol. The van der Waals surface area contributed by atoms with Crippen LogP contribution in [0, 0.1) is 0 Å². The highest BCUT2D eigenvalue weighted by atomic mass is 32.1. The number of thiazole rings is 1. The van der Waals surface area contributed by atoms with Crippen LogP contribution in [-0.2, 0) is 20.9 Å². The summed E-state index contributed by atoms with van der Waals surface area (Å²) in [6, 6.07) is 5.34. The summed E-state index contributed by atoms with van der Waals surface area (Å²) in [6.45, 7) is 0.110. The van der Waals surface area contributed by atoms with E-state index in [-0.39, 0.29) is 18.9 Å². The van der Waals surface area contributed by atoms with E-state index >= 15 is 0 Å². The van der Waals surface area contributed by atoms with E-state index in [1.165, 1.54) is 11.3 Å². The van der Waals surface area contributed by atoms with Gasteiger partial charge < -0.3 is 15.8 Å². The number of anilines is 1. The maximum atomic E-state index is 11.8. The number of amides is 2. The van der Waals surface area contributed by atoms with Crippen LogP contribution in [0.3, 0.4) is 0 Å². The Kier molecular flexibility index (Phi) is 5.35. The van der Waals surface area contributed by atoms with Crippen LogP contribution in [0.15, 0.2) is 36.0 Å². The highest BCUT2D eigenvalue weighted by Gasteiger charge is 2.21. The van der Waals surface area contributed by atoms with Crippen molar-refractivity contribution >= 4 is 28.3 Å². The monoisotopic (exact) mass is 306 g/mol. The van der Waals surface area contributed by atoms with Crippen molar-refractivity contribution in [1.29, 1.82) is 0 Å². The van der Waals surface area contributed by atoms with Gasteiger partial charge in [-0.1, -0.05) is 6.07 Å².